The van der Waals surface area contributed by atoms with Crippen molar-refractivity contribution in [2.45, 2.75) is 46.6 Å². The molecule has 1 rings (SSSR count). The van der Waals surface area contributed by atoms with Gasteiger partial charge in [-0.05, 0) is 56.3 Å². The van der Waals surface area contributed by atoms with Crippen LogP contribution in [0, 0.1) is 19.8 Å². The van der Waals surface area contributed by atoms with E-state index in [1.54, 1.807) is 0 Å². The summed E-state index contributed by atoms with van der Waals surface area (Å²) in [7, 11) is 2.06. The Kier molecular flexibility index (Phi) is 5.01. The zero-order valence-corrected chi connectivity index (χ0v) is 11.3. The van der Waals surface area contributed by atoms with Crippen molar-refractivity contribution < 1.29 is 0 Å². The van der Waals surface area contributed by atoms with Gasteiger partial charge in [-0.25, -0.2) is 0 Å². The minimum atomic E-state index is 0.502. The number of rotatable bonds is 5. The van der Waals surface area contributed by atoms with E-state index in [1.807, 2.05) is 0 Å². The van der Waals surface area contributed by atoms with Crippen LogP contribution < -0.4 is 5.32 Å². The van der Waals surface area contributed by atoms with Crippen LogP contribution in [0.3, 0.4) is 0 Å². The SMILES string of the molecule is CNC(CCC(C)C)c1ccc(C)c(C)c1. The molecule has 1 aromatic carbocycles. The highest BCUT2D eigenvalue weighted by Gasteiger charge is 2.10. The molecule has 0 heterocycles. The molecule has 0 fully saturated rings. The van der Waals surface area contributed by atoms with E-state index in [2.05, 4.69) is 58.3 Å². The third-order valence-corrected chi connectivity index (χ3v) is 3.31. The summed E-state index contributed by atoms with van der Waals surface area (Å²) < 4.78 is 0. The van der Waals surface area contributed by atoms with Crippen LogP contribution in [0.4, 0.5) is 0 Å². The Bertz CT molecular complexity index is 328. The highest BCUT2D eigenvalue weighted by atomic mass is 14.9. The molecular weight excluding hydrogens is 194 g/mol. The molecule has 0 amide bonds. The van der Waals surface area contributed by atoms with E-state index in [9.17, 15) is 0 Å². The number of hydrogen-bond acceptors (Lipinski definition) is 1. The lowest BCUT2D eigenvalue weighted by molar-refractivity contribution is 0.465. The van der Waals surface area contributed by atoms with Crippen molar-refractivity contribution in [1.82, 2.24) is 5.32 Å². The molecule has 0 spiro atoms. The molecule has 0 aliphatic heterocycles. The quantitative estimate of drug-likeness (QED) is 0.789. The second-order valence-corrected chi connectivity index (χ2v) is 5.16. The molecular formula is C15H25N. The Morgan fingerprint density at radius 3 is 2.25 bits per heavy atom. The molecule has 0 radical (unpaired) electrons. The number of hydrogen-bond donors (Lipinski definition) is 1. The van der Waals surface area contributed by atoms with E-state index in [4.69, 9.17) is 0 Å². The summed E-state index contributed by atoms with van der Waals surface area (Å²) in [6.45, 7) is 8.93. The minimum absolute atomic E-state index is 0.502. The van der Waals surface area contributed by atoms with Gasteiger partial charge in [0.05, 0.1) is 0 Å². The van der Waals surface area contributed by atoms with Crippen molar-refractivity contribution in [2.75, 3.05) is 7.05 Å². The largest absolute Gasteiger partial charge is 0.313 e. The molecule has 1 N–H and O–H groups in total. The number of benzene rings is 1. The second kappa shape index (κ2) is 6.05. The van der Waals surface area contributed by atoms with Crippen LogP contribution in [0.2, 0.25) is 0 Å². The minimum Gasteiger partial charge on any atom is -0.313 e. The molecule has 0 saturated carbocycles. The highest BCUT2D eigenvalue weighted by Crippen LogP contribution is 2.22. The van der Waals surface area contributed by atoms with E-state index >= 15 is 0 Å². The third kappa shape index (κ3) is 3.64. The summed E-state index contributed by atoms with van der Waals surface area (Å²) >= 11 is 0. The average molecular weight is 219 g/mol. The standard InChI is InChI=1S/C15H25N/c1-11(2)6-9-15(16-5)14-8-7-12(3)13(4)10-14/h7-8,10-11,15-16H,6,9H2,1-5H3. The predicted octanol–water partition coefficient (Wildman–Crippen LogP) is 4.00. The van der Waals surface area contributed by atoms with Crippen molar-refractivity contribution >= 4 is 0 Å². The first kappa shape index (κ1) is 13.2. The fourth-order valence-electron chi connectivity index (χ4n) is 1.96. The van der Waals surface area contributed by atoms with Gasteiger partial charge in [0.15, 0.2) is 0 Å². The topological polar surface area (TPSA) is 12.0 Å². The zero-order chi connectivity index (χ0) is 12.1. The molecule has 0 bridgehead atoms. The Morgan fingerprint density at radius 1 is 1.06 bits per heavy atom. The summed E-state index contributed by atoms with van der Waals surface area (Å²) in [6.07, 6.45) is 2.50. The first-order chi connectivity index (χ1) is 7.54. The molecule has 1 atom stereocenters. The Hall–Kier alpha value is -0.820. The number of nitrogens with one attached hydrogen (secondary N) is 1. The van der Waals surface area contributed by atoms with Crippen molar-refractivity contribution in [2.24, 2.45) is 5.92 Å². The fourth-order valence-corrected chi connectivity index (χ4v) is 1.96. The van der Waals surface area contributed by atoms with Gasteiger partial charge in [0.1, 0.15) is 0 Å². The van der Waals surface area contributed by atoms with Gasteiger partial charge in [0.2, 0.25) is 0 Å². The normalized spacial score (nSPS) is 13.1. The Labute approximate surface area is 100 Å². The van der Waals surface area contributed by atoms with Crippen molar-refractivity contribution in [3.05, 3.63) is 34.9 Å². The molecule has 1 aromatic rings. The lowest BCUT2D eigenvalue weighted by atomic mass is 9.95. The lowest BCUT2D eigenvalue weighted by Crippen LogP contribution is -2.17. The molecule has 0 aliphatic carbocycles. The van der Waals surface area contributed by atoms with Crippen LogP contribution in [-0.4, -0.2) is 7.05 Å². The van der Waals surface area contributed by atoms with Crippen molar-refractivity contribution in [1.29, 1.82) is 0 Å². The van der Waals surface area contributed by atoms with E-state index in [1.165, 1.54) is 29.5 Å². The zero-order valence-electron chi connectivity index (χ0n) is 11.3. The summed E-state index contributed by atoms with van der Waals surface area (Å²) in [5.41, 5.74) is 4.19. The summed E-state index contributed by atoms with van der Waals surface area (Å²) in [5.74, 6) is 0.780. The first-order valence-electron chi connectivity index (χ1n) is 6.29. The molecule has 0 saturated heterocycles. The maximum Gasteiger partial charge on any atom is 0.0317 e. The molecule has 1 heteroatoms. The maximum atomic E-state index is 3.42. The summed E-state index contributed by atoms with van der Waals surface area (Å²) in [6, 6.07) is 7.30. The Balaban J connectivity index is 2.74. The monoisotopic (exact) mass is 219 g/mol. The van der Waals surface area contributed by atoms with Gasteiger partial charge in [-0.1, -0.05) is 32.0 Å². The van der Waals surface area contributed by atoms with Crippen LogP contribution in [0.5, 0.6) is 0 Å². The predicted molar refractivity (Wildman–Crippen MR) is 71.8 cm³/mol. The van der Waals surface area contributed by atoms with Gasteiger partial charge in [-0.3, -0.25) is 0 Å². The lowest BCUT2D eigenvalue weighted by Gasteiger charge is -2.18. The Morgan fingerprint density at radius 2 is 1.75 bits per heavy atom. The summed E-state index contributed by atoms with van der Waals surface area (Å²) in [5, 5.41) is 3.42. The van der Waals surface area contributed by atoms with Crippen molar-refractivity contribution in [3.8, 4) is 0 Å². The van der Waals surface area contributed by atoms with Crippen LogP contribution in [-0.2, 0) is 0 Å². The van der Waals surface area contributed by atoms with Crippen LogP contribution in [0.15, 0.2) is 18.2 Å². The first-order valence-corrected chi connectivity index (χ1v) is 6.29. The van der Waals surface area contributed by atoms with Crippen molar-refractivity contribution in [3.63, 3.8) is 0 Å². The molecule has 1 unspecified atom stereocenters. The number of aryl methyl sites for hydroxylation is 2. The van der Waals surface area contributed by atoms with Crippen LogP contribution >= 0.6 is 0 Å². The fraction of sp³-hybridized carbons (Fsp3) is 0.600. The molecule has 0 aromatic heterocycles. The van der Waals surface area contributed by atoms with Gasteiger partial charge < -0.3 is 5.32 Å². The highest BCUT2D eigenvalue weighted by molar-refractivity contribution is 5.31. The van der Waals surface area contributed by atoms with E-state index in [0.717, 1.165) is 5.92 Å². The summed E-state index contributed by atoms with van der Waals surface area (Å²) in [4.78, 5) is 0. The molecule has 1 nitrogen and oxygen atoms in total. The average Bonchev–Trinajstić information content (AvgIpc) is 2.23. The molecule has 90 valence electrons. The van der Waals surface area contributed by atoms with E-state index in [0.29, 0.717) is 6.04 Å². The smallest absolute Gasteiger partial charge is 0.0317 e. The van der Waals surface area contributed by atoms with Gasteiger partial charge in [0, 0.05) is 6.04 Å². The second-order valence-electron chi connectivity index (χ2n) is 5.16. The van der Waals surface area contributed by atoms with E-state index < -0.39 is 0 Å². The van der Waals surface area contributed by atoms with Crippen LogP contribution in [0.1, 0.15) is 49.4 Å². The molecule has 0 aliphatic rings. The van der Waals surface area contributed by atoms with Gasteiger partial charge in [0.25, 0.3) is 0 Å². The van der Waals surface area contributed by atoms with Gasteiger partial charge in [-0.15, -0.1) is 0 Å². The third-order valence-electron chi connectivity index (χ3n) is 3.31. The molecule has 16 heavy (non-hydrogen) atoms. The maximum absolute atomic E-state index is 3.42. The van der Waals surface area contributed by atoms with Crippen LogP contribution in [0.25, 0.3) is 0 Å². The van der Waals surface area contributed by atoms with E-state index in [-0.39, 0.29) is 0 Å². The van der Waals surface area contributed by atoms with Gasteiger partial charge in [-0.2, -0.15) is 0 Å². The van der Waals surface area contributed by atoms with Gasteiger partial charge >= 0.3 is 0 Å².